The summed E-state index contributed by atoms with van der Waals surface area (Å²) in [6.45, 7) is 8.27. The highest BCUT2D eigenvalue weighted by Crippen LogP contribution is 2.29. The highest BCUT2D eigenvalue weighted by Gasteiger charge is 2.30. The van der Waals surface area contributed by atoms with E-state index in [1.54, 1.807) is 0 Å². The number of nitrogens with one attached hydrogen (secondary N) is 2. The van der Waals surface area contributed by atoms with Gasteiger partial charge in [0.25, 0.3) is 0 Å². The molecule has 1 unspecified atom stereocenters. The first-order valence-electron chi connectivity index (χ1n) is 8.42. The van der Waals surface area contributed by atoms with Gasteiger partial charge in [0.1, 0.15) is 6.61 Å². The Kier molecular flexibility index (Phi) is 7.13. The summed E-state index contributed by atoms with van der Waals surface area (Å²) < 4.78 is 5.28. The molecule has 7 heteroatoms. The van der Waals surface area contributed by atoms with Crippen LogP contribution in [0.15, 0.2) is 35.5 Å². The molecule has 5 nitrogen and oxygen atoms in total. The van der Waals surface area contributed by atoms with Crippen molar-refractivity contribution in [3.8, 4) is 0 Å². The third kappa shape index (κ3) is 4.67. The van der Waals surface area contributed by atoms with Gasteiger partial charge in [-0.05, 0) is 50.7 Å². The van der Waals surface area contributed by atoms with Crippen LogP contribution < -0.4 is 15.5 Å². The molecule has 1 aliphatic heterocycles. The smallest absolute Gasteiger partial charge is 0.338 e. The summed E-state index contributed by atoms with van der Waals surface area (Å²) in [7, 11) is 0. The second-order valence-electron chi connectivity index (χ2n) is 5.69. The number of hydrogen-bond acceptors (Lipinski definition) is 5. The number of esters is 1. The van der Waals surface area contributed by atoms with E-state index in [1.165, 1.54) is 0 Å². The van der Waals surface area contributed by atoms with E-state index in [9.17, 15) is 4.79 Å². The SMILES string of the molecule is CCN(CC)c1ccc(C2NC(=S)NC(C)=C2C(=O)OCCS)cc1. The Hall–Kier alpha value is -1.73. The average molecular weight is 380 g/mol. The zero-order valence-electron chi connectivity index (χ0n) is 14.8. The summed E-state index contributed by atoms with van der Waals surface area (Å²) in [5.41, 5.74) is 3.39. The van der Waals surface area contributed by atoms with Gasteiger partial charge >= 0.3 is 5.97 Å². The standard InChI is InChI=1S/C18H25N3O2S2/c1-4-21(5-2)14-8-6-13(7-9-14)16-15(17(22)23-10-11-24)12(3)19-18(25)20-16/h6-9,16,24H,4-5,10-11H2,1-3H3,(H2,19,20,25). The van der Waals surface area contributed by atoms with E-state index >= 15 is 0 Å². The van der Waals surface area contributed by atoms with Crippen molar-refractivity contribution in [2.45, 2.75) is 26.8 Å². The van der Waals surface area contributed by atoms with Gasteiger partial charge in [-0.1, -0.05) is 12.1 Å². The summed E-state index contributed by atoms with van der Waals surface area (Å²) >= 11 is 9.35. The maximum atomic E-state index is 12.5. The van der Waals surface area contributed by atoms with Gasteiger partial charge in [-0.25, -0.2) is 4.79 Å². The van der Waals surface area contributed by atoms with Gasteiger partial charge in [0, 0.05) is 30.2 Å². The predicted octanol–water partition coefficient (Wildman–Crippen LogP) is 2.80. The van der Waals surface area contributed by atoms with Crippen LogP contribution in [-0.4, -0.2) is 36.5 Å². The molecule has 0 bridgehead atoms. The molecule has 0 spiro atoms. The number of rotatable bonds is 7. The van der Waals surface area contributed by atoms with Gasteiger partial charge < -0.3 is 20.3 Å². The number of ether oxygens (including phenoxy) is 1. The number of nitrogens with zero attached hydrogens (tertiary/aromatic N) is 1. The minimum atomic E-state index is -0.355. The molecule has 0 aromatic heterocycles. The summed E-state index contributed by atoms with van der Waals surface area (Å²) in [5, 5.41) is 6.68. The van der Waals surface area contributed by atoms with E-state index in [1.807, 2.05) is 19.1 Å². The maximum absolute atomic E-state index is 12.5. The Morgan fingerprint density at radius 3 is 2.48 bits per heavy atom. The van der Waals surface area contributed by atoms with Gasteiger partial charge in [0.2, 0.25) is 0 Å². The third-order valence-electron chi connectivity index (χ3n) is 4.17. The molecule has 1 atom stereocenters. The fourth-order valence-corrected chi connectivity index (χ4v) is 3.26. The summed E-state index contributed by atoms with van der Waals surface area (Å²) in [6, 6.07) is 7.87. The molecule has 25 heavy (non-hydrogen) atoms. The van der Waals surface area contributed by atoms with Crippen LogP contribution in [0.5, 0.6) is 0 Å². The van der Waals surface area contributed by atoms with E-state index in [4.69, 9.17) is 17.0 Å². The zero-order valence-corrected chi connectivity index (χ0v) is 16.5. The van der Waals surface area contributed by atoms with Crippen LogP contribution in [-0.2, 0) is 9.53 Å². The van der Waals surface area contributed by atoms with Crippen molar-refractivity contribution >= 4 is 41.6 Å². The number of thiocarbonyl (C=S) groups is 1. The lowest BCUT2D eigenvalue weighted by Gasteiger charge is -2.30. The van der Waals surface area contributed by atoms with Crippen LogP contribution in [0.25, 0.3) is 0 Å². The Bertz CT molecular complexity index is 655. The highest BCUT2D eigenvalue weighted by atomic mass is 32.1. The lowest BCUT2D eigenvalue weighted by Crippen LogP contribution is -2.45. The Morgan fingerprint density at radius 1 is 1.28 bits per heavy atom. The van der Waals surface area contributed by atoms with E-state index in [-0.39, 0.29) is 18.6 Å². The Labute approximate surface area is 160 Å². The van der Waals surface area contributed by atoms with Crippen LogP contribution in [0.3, 0.4) is 0 Å². The Morgan fingerprint density at radius 2 is 1.92 bits per heavy atom. The van der Waals surface area contributed by atoms with Gasteiger partial charge in [-0.3, -0.25) is 0 Å². The first-order valence-corrected chi connectivity index (χ1v) is 9.47. The lowest BCUT2D eigenvalue weighted by atomic mass is 9.95. The second kappa shape index (κ2) is 9.10. The van der Waals surface area contributed by atoms with Gasteiger partial charge in [0.15, 0.2) is 5.11 Å². The second-order valence-corrected chi connectivity index (χ2v) is 6.55. The van der Waals surface area contributed by atoms with Crippen LogP contribution in [0, 0.1) is 0 Å². The van der Waals surface area contributed by atoms with E-state index < -0.39 is 0 Å². The van der Waals surface area contributed by atoms with Crippen molar-refractivity contribution in [3.63, 3.8) is 0 Å². The molecule has 0 fully saturated rings. The normalized spacial score (nSPS) is 17.0. The first kappa shape index (κ1) is 19.6. The van der Waals surface area contributed by atoms with Crippen LogP contribution in [0.1, 0.15) is 32.4 Å². The first-order chi connectivity index (χ1) is 12.0. The molecular weight excluding hydrogens is 354 g/mol. The maximum Gasteiger partial charge on any atom is 0.338 e. The molecule has 0 aliphatic carbocycles. The van der Waals surface area contributed by atoms with Gasteiger partial charge in [-0.2, -0.15) is 12.6 Å². The van der Waals surface area contributed by atoms with Gasteiger partial charge in [-0.15, -0.1) is 0 Å². The molecule has 2 rings (SSSR count). The molecule has 0 saturated heterocycles. The fourth-order valence-electron chi connectivity index (χ4n) is 2.90. The van der Waals surface area contributed by atoms with Crippen molar-refractivity contribution in [3.05, 3.63) is 41.1 Å². The number of carbonyl (C=O) groups is 1. The number of hydrogen-bond donors (Lipinski definition) is 3. The van der Waals surface area contributed by atoms with E-state index in [0.29, 0.717) is 22.1 Å². The Balaban J connectivity index is 2.32. The summed E-state index contributed by atoms with van der Waals surface area (Å²) in [6.07, 6.45) is 0. The number of allylic oxidation sites excluding steroid dienone is 1. The molecule has 136 valence electrons. The molecule has 2 N–H and O–H groups in total. The number of carbonyl (C=O) groups excluding carboxylic acids is 1. The summed E-state index contributed by atoms with van der Waals surface area (Å²) in [5.74, 6) is 0.132. The zero-order chi connectivity index (χ0) is 18.4. The van der Waals surface area contributed by atoms with Crippen LogP contribution in [0.2, 0.25) is 0 Å². The van der Waals surface area contributed by atoms with Crippen molar-refractivity contribution in [2.24, 2.45) is 0 Å². The molecule has 1 aliphatic rings. The molecule has 1 heterocycles. The lowest BCUT2D eigenvalue weighted by molar-refractivity contribution is -0.138. The molecule has 1 aromatic rings. The molecule has 0 amide bonds. The number of benzene rings is 1. The minimum Gasteiger partial charge on any atom is -0.461 e. The van der Waals surface area contributed by atoms with Crippen molar-refractivity contribution in [1.82, 2.24) is 10.6 Å². The minimum absolute atomic E-state index is 0.275. The fraction of sp³-hybridized carbons (Fsp3) is 0.444. The predicted molar refractivity (Wildman–Crippen MR) is 109 cm³/mol. The number of thiol groups is 1. The summed E-state index contributed by atoms with van der Waals surface area (Å²) in [4.78, 5) is 14.8. The molecule has 0 radical (unpaired) electrons. The largest absolute Gasteiger partial charge is 0.461 e. The highest BCUT2D eigenvalue weighted by molar-refractivity contribution is 7.80. The van der Waals surface area contributed by atoms with E-state index in [0.717, 1.165) is 24.3 Å². The van der Waals surface area contributed by atoms with Crippen molar-refractivity contribution < 1.29 is 9.53 Å². The van der Waals surface area contributed by atoms with Crippen molar-refractivity contribution in [1.29, 1.82) is 0 Å². The van der Waals surface area contributed by atoms with Gasteiger partial charge in [0.05, 0.1) is 11.6 Å². The molecule has 1 aromatic carbocycles. The topological polar surface area (TPSA) is 53.6 Å². The third-order valence-corrected chi connectivity index (χ3v) is 4.57. The van der Waals surface area contributed by atoms with E-state index in [2.05, 4.69) is 54.1 Å². The molecule has 0 saturated carbocycles. The van der Waals surface area contributed by atoms with Crippen molar-refractivity contribution in [2.75, 3.05) is 30.3 Å². The quantitative estimate of drug-likeness (QED) is 0.385. The average Bonchev–Trinajstić information content (AvgIpc) is 2.60. The molecular formula is C18H25N3O2S2. The van der Waals surface area contributed by atoms with Crippen LogP contribution >= 0.6 is 24.8 Å². The monoisotopic (exact) mass is 379 g/mol. The number of anilines is 1. The van der Waals surface area contributed by atoms with Crippen LogP contribution in [0.4, 0.5) is 5.69 Å².